The zero-order valence-electron chi connectivity index (χ0n) is 24.3. The van der Waals surface area contributed by atoms with Crippen molar-refractivity contribution in [1.29, 1.82) is 0 Å². The lowest BCUT2D eigenvalue weighted by atomic mass is 9.76. The van der Waals surface area contributed by atoms with Gasteiger partial charge in [-0.2, -0.15) is 0 Å². The molecular formula is C34H36FN3O4. The second-order valence-electron chi connectivity index (χ2n) is 11.2. The minimum absolute atomic E-state index is 0.0139. The van der Waals surface area contributed by atoms with Crippen LogP contribution >= 0.6 is 0 Å². The lowest BCUT2D eigenvalue weighted by Crippen LogP contribution is -2.67. The Labute approximate surface area is 245 Å². The largest absolute Gasteiger partial charge is 0.490 e. The van der Waals surface area contributed by atoms with Gasteiger partial charge in [0.25, 0.3) is 5.91 Å². The van der Waals surface area contributed by atoms with E-state index in [0.717, 1.165) is 39.7 Å². The van der Waals surface area contributed by atoms with Crippen LogP contribution in [0.1, 0.15) is 55.5 Å². The molecule has 0 saturated carbocycles. The van der Waals surface area contributed by atoms with Crippen LogP contribution in [0.2, 0.25) is 0 Å². The van der Waals surface area contributed by atoms with Crippen molar-refractivity contribution in [3.05, 3.63) is 94.9 Å². The van der Waals surface area contributed by atoms with Gasteiger partial charge in [-0.15, -0.1) is 0 Å². The van der Waals surface area contributed by atoms with Gasteiger partial charge in [-0.3, -0.25) is 9.59 Å². The number of hydrogen-bond donors (Lipinski definition) is 1. The molecule has 2 amide bonds. The van der Waals surface area contributed by atoms with Crippen molar-refractivity contribution in [3.63, 3.8) is 0 Å². The maximum absolute atomic E-state index is 14.3. The molecule has 42 heavy (non-hydrogen) atoms. The molecule has 1 aromatic heterocycles. The molecule has 7 nitrogen and oxygen atoms in total. The number of hydrogen-bond acceptors (Lipinski definition) is 4. The molecule has 8 heteroatoms. The Hall–Kier alpha value is -4.33. The number of piperazine rings is 1. The lowest BCUT2D eigenvalue weighted by molar-refractivity contribution is -0.166. The summed E-state index contributed by atoms with van der Waals surface area (Å²) in [6, 6.07) is 20.4. The van der Waals surface area contributed by atoms with Crippen LogP contribution in [0.3, 0.4) is 0 Å². The SMILES string of the molecule is CCCOc1ccc(C2CN3C(=O)CN(CCc4cccc(F)c4)C(=O)[C@]3(C)c3[nH]c4ccccc4c32)cc1OCC. The Morgan fingerprint density at radius 1 is 1.00 bits per heavy atom. The minimum Gasteiger partial charge on any atom is -0.490 e. The predicted octanol–water partition coefficient (Wildman–Crippen LogP) is 5.77. The van der Waals surface area contributed by atoms with E-state index in [2.05, 4.69) is 18.0 Å². The summed E-state index contributed by atoms with van der Waals surface area (Å²) in [5.41, 5.74) is 3.24. The molecular weight excluding hydrogens is 533 g/mol. The van der Waals surface area contributed by atoms with Crippen LogP contribution in [0.25, 0.3) is 10.9 Å². The van der Waals surface area contributed by atoms with E-state index in [4.69, 9.17) is 9.47 Å². The second-order valence-corrected chi connectivity index (χ2v) is 11.2. The summed E-state index contributed by atoms with van der Waals surface area (Å²) in [4.78, 5) is 35.0. The van der Waals surface area contributed by atoms with Crippen molar-refractivity contribution in [1.82, 2.24) is 14.8 Å². The molecule has 4 aromatic rings. The first-order valence-electron chi connectivity index (χ1n) is 14.7. The van der Waals surface area contributed by atoms with Crippen LogP contribution in [-0.2, 0) is 21.5 Å². The number of benzene rings is 3. The summed E-state index contributed by atoms with van der Waals surface area (Å²) >= 11 is 0. The molecule has 1 N–H and O–H groups in total. The van der Waals surface area contributed by atoms with E-state index in [0.29, 0.717) is 44.2 Å². The highest BCUT2D eigenvalue weighted by Gasteiger charge is 2.56. The third kappa shape index (κ3) is 4.68. The average Bonchev–Trinajstić information content (AvgIpc) is 3.39. The van der Waals surface area contributed by atoms with E-state index in [9.17, 15) is 14.0 Å². The Morgan fingerprint density at radius 3 is 2.62 bits per heavy atom. The van der Waals surface area contributed by atoms with E-state index >= 15 is 0 Å². The quantitative estimate of drug-likeness (QED) is 0.278. The zero-order chi connectivity index (χ0) is 29.4. The van der Waals surface area contributed by atoms with Gasteiger partial charge in [-0.25, -0.2) is 4.39 Å². The van der Waals surface area contributed by atoms with E-state index in [1.54, 1.807) is 15.9 Å². The fraction of sp³-hybridized carbons (Fsp3) is 0.353. The number of nitrogens with zero attached hydrogens (tertiary/aromatic N) is 2. The van der Waals surface area contributed by atoms with Gasteiger partial charge in [0.05, 0.1) is 25.5 Å². The van der Waals surface area contributed by atoms with Gasteiger partial charge in [0, 0.05) is 29.9 Å². The molecule has 1 unspecified atom stereocenters. The monoisotopic (exact) mass is 569 g/mol. The first-order chi connectivity index (χ1) is 20.3. The number of halogens is 1. The third-order valence-electron chi connectivity index (χ3n) is 8.51. The standard InChI is InChI=1S/C34H36FN3O4/c1-4-17-42-28-14-13-23(19-29(28)41-5-2)26-20-38-30(39)21-37(16-15-22-9-8-10-24(35)18-22)33(40)34(38,3)32-31(26)25-11-6-7-12-27(25)36-32/h6-14,18-19,26,36H,4-5,15-17,20-21H2,1-3H3/t26?,34-/m0/s1. The molecule has 2 aliphatic heterocycles. The van der Waals surface area contributed by atoms with Crippen molar-refractivity contribution in [2.24, 2.45) is 0 Å². The molecule has 2 aliphatic rings. The number of para-hydroxylation sites is 1. The summed E-state index contributed by atoms with van der Waals surface area (Å²) < 4.78 is 25.7. The average molecular weight is 570 g/mol. The third-order valence-corrected chi connectivity index (χ3v) is 8.51. The molecule has 0 aliphatic carbocycles. The van der Waals surface area contributed by atoms with Crippen molar-refractivity contribution >= 4 is 22.7 Å². The minimum atomic E-state index is -1.20. The van der Waals surface area contributed by atoms with Gasteiger partial charge in [0.2, 0.25) is 5.91 Å². The highest BCUT2D eigenvalue weighted by molar-refractivity contribution is 6.01. The van der Waals surface area contributed by atoms with Crippen LogP contribution in [-0.4, -0.2) is 59.4 Å². The summed E-state index contributed by atoms with van der Waals surface area (Å²) in [7, 11) is 0. The molecule has 3 aromatic carbocycles. The molecule has 218 valence electrons. The maximum atomic E-state index is 14.3. The van der Waals surface area contributed by atoms with E-state index in [1.165, 1.54) is 12.1 Å². The highest BCUT2D eigenvalue weighted by atomic mass is 19.1. The van der Waals surface area contributed by atoms with Crippen LogP contribution in [0.15, 0.2) is 66.7 Å². The highest BCUT2D eigenvalue weighted by Crippen LogP contribution is 2.49. The van der Waals surface area contributed by atoms with Crippen molar-refractivity contribution in [2.75, 3.05) is 32.8 Å². The molecule has 0 radical (unpaired) electrons. The summed E-state index contributed by atoms with van der Waals surface area (Å²) in [5.74, 6) is 0.620. The smallest absolute Gasteiger partial charge is 0.254 e. The Bertz CT molecular complexity index is 1650. The van der Waals surface area contributed by atoms with Crippen LogP contribution in [0.5, 0.6) is 11.5 Å². The number of ether oxygens (including phenoxy) is 2. The van der Waals surface area contributed by atoms with Gasteiger partial charge >= 0.3 is 0 Å². The maximum Gasteiger partial charge on any atom is 0.254 e. The molecule has 0 bridgehead atoms. The Morgan fingerprint density at radius 2 is 1.83 bits per heavy atom. The van der Waals surface area contributed by atoms with Crippen LogP contribution in [0, 0.1) is 5.82 Å². The zero-order valence-corrected chi connectivity index (χ0v) is 24.3. The number of carbonyl (C=O) groups excluding carboxylic acids is 2. The van der Waals surface area contributed by atoms with Gasteiger partial charge in [0.15, 0.2) is 17.0 Å². The topological polar surface area (TPSA) is 74.9 Å². The Kier molecular flexibility index (Phi) is 7.39. The molecule has 1 fully saturated rings. The number of amides is 2. The fourth-order valence-electron chi connectivity index (χ4n) is 6.45. The lowest BCUT2D eigenvalue weighted by Gasteiger charge is -2.51. The summed E-state index contributed by atoms with van der Waals surface area (Å²) in [5, 5.41) is 1.03. The summed E-state index contributed by atoms with van der Waals surface area (Å²) in [6.07, 6.45) is 1.35. The van der Waals surface area contributed by atoms with Gasteiger partial charge in [0.1, 0.15) is 5.82 Å². The fourth-order valence-corrected chi connectivity index (χ4v) is 6.45. The normalized spacial score (nSPS) is 20.0. The molecule has 0 spiro atoms. The number of aromatic nitrogens is 1. The van der Waals surface area contributed by atoms with Crippen LogP contribution in [0.4, 0.5) is 4.39 Å². The van der Waals surface area contributed by atoms with Gasteiger partial charge < -0.3 is 24.3 Å². The van der Waals surface area contributed by atoms with Crippen molar-refractivity contribution in [2.45, 2.75) is 45.1 Å². The van der Waals surface area contributed by atoms with Crippen LogP contribution < -0.4 is 9.47 Å². The number of rotatable bonds is 9. The summed E-state index contributed by atoms with van der Waals surface area (Å²) in [6.45, 7) is 7.61. The first kappa shape index (κ1) is 27.8. The second kappa shape index (κ2) is 11.2. The number of fused-ring (bicyclic) bond motifs is 5. The van der Waals surface area contributed by atoms with E-state index in [-0.39, 0.29) is 30.1 Å². The molecule has 1 saturated heterocycles. The van der Waals surface area contributed by atoms with Gasteiger partial charge in [-0.1, -0.05) is 43.3 Å². The predicted molar refractivity (Wildman–Crippen MR) is 159 cm³/mol. The molecule has 3 heterocycles. The van der Waals surface area contributed by atoms with E-state index in [1.807, 2.05) is 56.3 Å². The van der Waals surface area contributed by atoms with Crippen molar-refractivity contribution < 1.29 is 23.5 Å². The number of H-pyrrole nitrogens is 1. The first-order valence-corrected chi connectivity index (χ1v) is 14.7. The Balaban J connectivity index is 1.42. The molecule has 6 rings (SSSR count). The molecule has 2 atom stereocenters. The van der Waals surface area contributed by atoms with Crippen molar-refractivity contribution in [3.8, 4) is 11.5 Å². The number of nitrogens with one attached hydrogen (secondary N) is 1. The van der Waals surface area contributed by atoms with Gasteiger partial charge in [-0.05, 0) is 73.7 Å². The number of carbonyl (C=O) groups is 2. The van der Waals surface area contributed by atoms with E-state index < -0.39 is 5.54 Å². The number of aromatic amines is 1.